The number of hydrogen-bond acceptors (Lipinski definition) is 2. The molecule has 2 saturated carbocycles. The maximum Gasteiger partial charge on any atom is 0.224 e. The van der Waals surface area contributed by atoms with Gasteiger partial charge in [-0.15, -0.1) is 0 Å². The zero-order valence-corrected chi connectivity index (χ0v) is 12.0. The van der Waals surface area contributed by atoms with Gasteiger partial charge in [-0.3, -0.25) is 4.79 Å². The highest BCUT2D eigenvalue weighted by atomic mass is 19.2. The highest BCUT2D eigenvalue weighted by Gasteiger charge is 2.54. The lowest BCUT2D eigenvalue weighted by Crippen LogP contribution is -2.33. The van der Waals surface area contributed by atoms with Gasteiger partial charge in [0, 0.05) is 5.92 Å². The number of aliphatic hydroxyl groups excluding tert-OH is 1. The molecule has 3 atom stereocenters. The Hall–Kier alpha value is -1.56. The van der Waals surface area contributed by atoms with Crippen molar-refractivity contribution in [3.05, 3.63) is 35.1 Å². The second-order valence-corrected chi connectivity index (χ2v) is 6.18. The molecule has 2 N–H and O–H groups in total. The highest BCUT2D eigenvalue weighted by molar-refractivity contribution is 5.82. The van der Waals surface area contributed by atoms with Crippen LogP contribution < -0.4 is 5.32 Å². The molecule has 0 radical (unpaired) electrons. The van der Waals surface area contributed by atoms with Crippen molar-refractivity contribution < 1.29 is 23.1 Å². The zero-order valence-electron chi connectivity index (χ0n) is 12.0. The first-order valence-electron chi connectivity index (χ1n) is 7.58. The average Bonchev–Trinajstić information content (AvgIpc) is 3.24. The molecule has 6 heteroatoms. The van der Waals surface area contributed by atoms with Crippen molar-refractivity contribution >= 4 is 5.91 Å². The maximum atomic E-state index is 13.3. The van der Waals surface area contributed by atoms with Crippen molar-refractivity contribution in [3.63, 3.8) is 0 Å². The number of fused-ring (bicyclic) bond motifs is 1. The van der Waals surface area contributed by atoms with Gasteiger partial charge >= 0.3 is 0 Å². The number of carbonyl (C=O) groups is 1. The van der Waals surface area contributed by atoms with Gasteiger partial charge in [-0.2, -0.15) is 0 Å². The number of amides is 1. The molecule has 2 aliphatic carbocycles. The van der Waals surface area contributed by atoms with Crippen molar-refractivity contribution in [1.29, 1.82) is 0 Å². The summed E-state index contributed by atoms with van der Waals surface area (Å²) in [6.45, 7) is -0.502. The lowest BCUT2D eigenvalue weighted by atomic mass is 10.0. The molecule has 0 heterocycles. The third-order valence-corrected chi connectivity index (χ3v) is 4.87. The fraction of sp³-hybridized carbons (Fsp3) is 0.562. The first-order valence-corrected chi connectivity index (χ1v) is 7.58. The molecular weight excluding hydrogens is 295 g/mol. The predicted molar refractivity (Wildman–Crippen MR) is 73.2 cm³/mol. The Kier molecular flexibility index (Phi) is 4.12. The minimum Gasteiger partial charge on any atom is -0.394 e. The Balaban J connectivity index is 1.71. The summed E-state index contributed by atoms with van der Waals surface area (Å²) in [6, 6.07) is 0.679. The number of rotatable bonds is 4. The van der Waals surface area contributed by atoms with Gasteiger partial charge in [0.15, 0.2) is 17.5 Å². The van der Waals surface area contributed by atoms with Crippen LogP contribution in [0.1, 0.15) is 37.3 Å². The van der Waals surface area contributed by atoms with E-state index in [1.165, 1.54) is 0 Å². The van der Waals surface area contributed by atoms with E-state index in [0.29, 0.717) is 11.8 Å². The van der Waals surface area contributed by atoms with Crippen molar-refractivity contribution in [3.8, 4) is 0 Å². The van der Waals surface area contributed by atoms with Crippen LogP contribution in [0.4, 0.5) is 13.2 Å². The standard InChI is InChI=1S/C16H18F3NO2/c17-11-5-8(6-12(18)15(11)19)13(7-21)20-16(22)14-9-3-1-2-4-10(9)14/h5-6,9-10,13-14,21H,1-4,7H2,(H,20,22). The monoisotopic (exact) mass is 313 g/mol. The van der Waals surface area contributed by atoms with Crippen LogP contribution >= 0.6 is 0 Å². The zero-order chi connectivity index (χ0) is 15.9. The summed E-state index contributed by atoms with van der Waals surface area (Å²) in [4.78, 5) is 12.3. The van der Waals surface area contributed by atoms with E-state index in [2.05, 4.69) is 5.32 Å². The molecule has 2 fully saturated rings. The fourth-order valence-electron chi connectivity index (χ4n) is 3.66. The Bertz CT molecular complexity index is 558. The molecule has 2 aliphatic rings. The largest absolute Gasteiger partial charge is 0.394 e. The lowest BCUT2D eigenvalue weighted by Gasteiger charge is -2.17. The number of benzene rings is 1. The van der Waals surface area contributed by atoms with E-state index >= 15 is 0 Å². The molecule has 3 unspecified atom stereocenters. The molecule has 3 rings (SSSR count). The van der Waals surface area contributed by atoms with Crippen molar-refractivity contribution in [2.75, 3.05) is 6.61 Å². The number of halogens is 3. The number of hydrogen-bond donors (Lipinski definition) is 2. The molecular formula is C16H18F3NO2. The topological polar surface area (TPSA) is 49.3 Å². The van der Waals surface area contributed by atoms with E-state index in [1.807, 2.05) is 0 Å². The normalized spacial score (nSPS) is 27.9. The molecule has 120 valence electrons. The summed E-state index contributed by atoms with van der Waals surface area (Å²) < 4.78 is 39.5. The summed E-state index contributed by atoms with van der Waals surface area (Å²) in [5.41, 5.74) is 0.0240. The summed E-state index contributed by atoms with van der Waals surface area (Å²) in [7, 11) is 0. The second-order valence-electron chi connectivity index (χ2n) is 6.18. The second kappa shape index (κ2) is 5.91. The summed E-state index contributed by atoms with van der Waals surface area (Å²) >= 11 is 0. The summed E-state index contributed by atoms with van der Waals surface area (Å²) in [5.74, 6) is -3.68. The molecule has 0 aliphatic heterocycles. The lowest BCUT2D eigenvalue weighted by molar-refractivity contribution is -0.124. The van der Waals surface area contributed by atoms with Gasteiger partial charge in [-0.1, -0.05) is 12.8 Å². The van der Waals surface area contributed by atoms with Gasteiger partial charge in [0.25, 0.3) is 0 Å². The third-order valence-electron chi connectivity index (χ3n) is 4.87. The molecule has 22 heavy (non-hydrogen) atoms. The minimum absolute atomic E-state index is 0.0240. The minimum atomic E-state index is -1.56. The van der Waals surface area contributed by atoms with Crippen molar-refractivity contribution in [1.82, 2.24) is 5.32 Å². The van der Waals surface area contributed by atoms with Crippen LogP contribution in [0, 0.1) is 35.2 Å². The summed E-state index contributed by atoms with van der Waals surface area (Å²) in [6.07, 6.45) is 4.32. The first-order chi connectivity index (χ1) is 10.5. The molecule has 0 bridgehead atoms. The van der Waals surface area contributed by atoms with Crippen LogP contribution in [0.3, 0.4) is 0 Å². The molecule has 1 aromatic rings. The molecule has 0 aromatic heterocycles. The molecule has 0 saturated heterocycles. The number of aliphatic hydroxyl groups is 1. The van der Waals surface area contributed by atoms with Gasteiger partial charge in [0.2, 0.25) is 5.91 Å². The number of nitrogens with one attached hydrogen (secondary N) is 1. The Morgan fingerprint density at radius 3 is 2.23 bits per heavy atom. The van der Waals surface area contributed by atoms with Crippen molar-refractivity contribution in [2.24, 2.45) is 17.8 Å². The van der Waals surface area contributed by atoms with Crippen LogP contribution in [0.15, 0.2) is 12.1 Å². The predicted octanol–water partition coefficient (Wildman–Crippen LogP) is 2.69. The molecule has 1 aromatic carbocycles. The third kappa shape index (κ3) is 2.72. The SMILES string of the molecule is O=C(NC(CO)c1cc(F)c(F)c(F)c1)C1C2CCCCC21. The average molecular weight is 313 g/mol. The van der Waals surface area contributed by atoms with Crippen LogP contribution in [0.5, 0.6) is 0 Å². The van der Waals surface area contributed by atoms with Crippen LogP contribution in [-0.4, -0.2) is 17.6 Å². The van der Waals surface area contributed by atoms with Gasteiger partial charge < -0.3 is 10.4 Å². The van der Waals surface area contributed by atoms with E-state index < -0.39 is 30.1 Å². The highest BCUT2D eigenvalue weighted by Crippen LogP contribution is 2.55. The van der Waals surface area contributed by atoms with Gasteiger partial charge in [-0.25, -0.2) is 13.2 Å². The smallest absolute Gasteiger partial charge is 0.224 e. The van der Waals surface area contributed by atoms with E-state index in [4.69, 9.17) is 0 Å². The van der Waals surface area contributed by atoms with E-state index in [0.717, 1.165) is 37.8 Å². The van der Waals surface area contributed by atoms with Gasteiger partial charge in [0.1, 0.15) is 0 Å². The molecule has 3 nitrogen and oxygen atoms in total. The first kappa shape index (κ1) is 15.3. The van der Waals surface area contributed by atoms with Gasteiger partial charge in [-0.05, 0) is 42.4 Å². The molecule has 1 amide bonds. The van der Waals surface area contributed by atoms with Crippen molar-refractivity contribution in [2.45, 2.75) is 31.7 Å². The van der Waals surface area contributed by atoms with Gasteiger partial charge in [0.05, 0.1) is 12.6 Å². The Morgan fingerprint density at radius 2 is 1.73 bits per heavy atom. The van der Waals surface area contributed by atoms with Crippen LogP contribution in [0.2, 0.25) is 0 Å². The van der Waals surface area contributed by atoms with E-state index in [9.17, 15) is 23.1 Å². The fourth-order valence-corrected chi connectivity index (χ4v) is 3.66. The quantitative estimate of drug-likeness (QED) is 0.840. The summed E-state index contributed by atoms with van der Waals surface area (Å²) in [5, 5.41) is 12.0. The van der Waals surface area contributed by atoms with Crippen LogP contribution in [-0.2, 0) is 4.79 Å². The number of carbonyl (C=O) groups excluding carboxylic acids is 1. The van der Waals surface area contributed by atoms with Crippen LogP contribution in [0.25, 0.3) is 0 Å². The molecule has 0 spiro atoms. The van der Waals surface area contributed by atoms with E-state index in [-0.39, 0.29) is 17.4 Å². The Morgan fingerprint density at radius 1 is 1.18 bits per heavy atom. The van der Waals surface area contributed by atoms with E-state index in [1.54, 1.807) is 0 Å². The maximum absolute atomic E-state index is 13.3. The Labute approximate surface area is 126 Å².